The highest BCUT2D eigenvalue weighted by molar-refractivity contribution is 5.52. The zero-order valence-electron chi connectivity index (χ0n) is 13.4. The predicted molar refractivity (Wildman–Crippen MR) is 86.6 cm³/mol. The molecule has 23 heavy (non-hydrogen) atoms. The molecule has 1 aromatic carbocycles. The Bertz CT molecular complexity index is 606. The standard InChI is InChI=1S/C18H23FN2O2/c1-13(14-7-10-22-11-8-14)20-9-6-17-12-23-18(21-17)15-2-4-16(19)5-3-15/h2-5,12-14,20H,6-11H2,1H3. The first-order valence-corrected chi connectivity index (χ1v) is 8.24. The summed E-state index contributed by atoms with van der Waals surface area (Å²) in [7, 11) is 0. The molecule has 1 fully saturated rings. The molecule has 0 bridgehead atoms. The SMILES string of the molecule is CC(NCCc1coc(-c2ccc(F)cc2)n1)C1CCOCC1. The summed E-state index contributed by atoms with van der Waals surface area (Å²) in [4.78, 5) is 4.47. The van der Waals surface area contributed by atoms with Crippen molar-refractivity contribution in [1.82, 2.24) is 10.3 Å². The van der Waals surface area contributed by atoms with Gasteiger partial charge in [-0.05, 0) is 49.9 Å². The summed E-state index contributed by atoms with van der Waals surface area (Å²) in [5.74, 6) is 0.972. The van der Waals surface area contributed by atoms with Crippen LogP contribution in [-0.2, 0) is 11.2 Å². The first-order chi connectivity index (χ1) is 11.2. The van der Waals surface area contributed by atoms with E-state index in [0.717, 1.165) is 50.3 Å². The van der Waals surface area contributed by atoms with Crippen LogP contribution in [0.1, 0.15) is 25.5 Å². The van der Waals surface area contributed by atoms with E-state index in [1.165, 1.54) is 12.1 Å². The van der Waals surface area contributed by atoms with Crippen LogP contribution in [0.5, 0.6) is 0 Å². The lowest BCUT2D eigenvalue weighted by Crippen LogP contribution is -2.37. The highest BCUT2D eigenvalue weighted by atomic mass is 19.1. The summed E-state index contributed by atoms with van der Waals surface area (Å²) in [6, 6.07) is 6.67. The number of hydrogen-bond donors (Lipinski definition) is 1. The lowest BCUT2D eigenvalue weighted by Gasteiger charge is -2.28. The minimum atomic E-state index is -0.258. The van der Waals surface area contributed by atoms with Crippen molar-refractivity contribution in [2.24, 2.45) is 5.92 Å². The van der Waals surface area contributed by atoms with Crippen LogP contribution in [0.3, 0.4) is 0 Å². The van der Waals surface area contributed by atoms with Crippen LogP contribution < -0.4 is 5.32 Å². The van der Waals surface area contributed by atoms with Crippen molar-refractivity contribution in [2.75, 3.05) is 19.8 Å². The molecule has 0 amide bonds. The van der Waals surface area contributed by atoms with Crippen LogP contribution in [0.15, 0.2) is 34.9 Å². The van der Waals surface area contributed by atoms with Gasteiger partial charge >= 0.3 is 0 Å². The highest BCUT2D eigenvalue weighted by Crippen LogP contribution is 2.20. The monoisotopic (exact) mass is 318 g/mol. The number of oxazole rings is 1. The van der Waals surface area contributed by atoms with Gasteiger partial charge in [-0.2, -0.15) is 0 Å². The van der Waals surface area contributed by atoms with E-state index < -0.39 is 0 Å². The molecule has 124 valence electrons. The van der Waals surface area contributed by atoms with Crippen LogP contribution in [0.2, 0.25) is 0 Å². The molecule has 2 aromatic rings. The molecule has 1 aliphatic rings. The van der Waals surface area contributed by atoms with Gasteiger partial charge < -0.3 is 14.5 Å². The number of rotatable bonds is 6. The minimum Gasteiger partial charge on any atom is -0.444 e. The van der Waals surface area contributed by atoms with E-state index in [1.54, 1.807) is 18.4 Å². The van der Waals surface area contributed by atoms with Crippen LogP contribution >= 0.6 is 0 Å². The second-order valence-electron chi connectivity index (χ2n) is 6.09. The molecule has 1 aromatic heterocycles. The summed E-state index contributed by atoms with van der Waals surface area (Å²) >= 11 is 0. The summed E-state index contributed by atoms with van der Waals surface area (Å²) in [5, 5.41) is 3.57. The Morgan fingerprint density at radius 2 is 2.00 bits per heavy atom. The van der Waals surface area contributed by atoms with Gasteiger partial charge in [0.15, 0.2) is 0 Å². The molecule has 1 N–H and O–H groups in total. The smallest absolute Gasteiger partial charge is 0.226 e. The number of nitrogens with zero attached hydrogens (tertiary/aromatic N) is 1. The van der Waals surface area contributed by atoms with Gasteiger partial charge in [-0.3, -0.25) is 0 Å². The third-order valence-electron chi connectivity index (χ3n) is 4.46. The number of ether oxygens (including phenoxy) is 1. The van der Waals surface area contributed by atoms with Crippen molar-refractivity contribution in [2.45, 2.75) is 32.2 Å². The maximum absolute atomic E-state index is 12.9. The molecule has 2 heterocycles. The zero-order chi connectivity index (χ0) is 16.1. The second kappa shape index (κ2) is 7.70. The van der Waals surface area contributed by atoms with Crippen molar-refractivity contribution in [1.29, 1.82) is 0 Å². The van der Waals surface area contributed by atoms with Crippen molar-refractivity contribution < 1.29 is 13.5 Å². The van der Waals surface area contributed by atoms with Crippen molar-refractivity contribution in [3.05, 3.63) is 42.0 Å². The van der Waals surface area contributed by atoms with Gasteiger partial charge in [-0.1, -0.05) is 0 Å². The van der Waals surface area contributed by atoms with Crippen molar-refractivity contribution in [3.63, 3.8) is 0 Å². The Balaban J connectivity index is 1.48. The van der Waals surface area contributed by atoms with Gasteiger partial charge in [-0.15, -0.1) is 0 Å². The van der Waals surface area contributed by atoms with Crippen LogP contribution in [0.4, 0.5) is 4.39 Å². The lowest BCUT2D eigenvalue weighted by molar-refractivity contribution is 0.0561. The average molecular weight is 318 g/mol. The number of nitrogens with one attached hydrogen (secondary N) is 1. The number of hydrogen-bond acceptors (Lipinski definition) is 4. The van der Waals surface area contributed by atoms with Crippen LogP contribution in [-0.4, -0.2) is 30.8 Å². The van der Waals surface area contributed by atoms with E-state index in [9.17, 15) is 4.39 Å². The maximum Gasteiger partial charge on any atom is 0.226 e. The van der Waals surface area contributed by atoms with E-state index >= 15 is 0 Å². The van der Waals surface area contributed by atoms with Crippen LogP contribution in [0.25, 0.3) is 11.5 Å². The molecule has 5 heteroatoms. The topological polar surface area (TPSA) is 47.3 Å². The van der Waals surface area contributed by atoms with E-state index in [4.69, 9.17) is 9.15 Å². The van der Waals surface area contributed by atoms with Gasteiger partial charge in [0, 0.05) is 37.8 Å². The summed E-state index contributed by atoms with van der Waals surface area (Å²) in [6.07, 6.45) is 4.76. The number of benzene rings is 1. The molecule has 4 nitrogen and oxygen atoms in total. The first kappa shape index (κ1) is 16.1. The van der Waals surface area contributed by atoms with E-state index in [1.807, 2.05) is 0 Å². The fourth-order valence-electron chi connectivity index (χ4n) is 2.96. The molecule has 1 saturated heterocycles. The molecule has 0 saturated carbocycles. The highest BCUT2D eigenvalue weighted by Gasteiger charge is 2.19. The van der Waals surface area contributed by atoms with Gasteiger partial charge in [0.1, 0.15) is 12.1 Å². The molecular weight excluding hydrogens is 295 g/mol. The van der Waals surface area contributed by atoms with Gasteiger partial charge in [0.25, 0.3) is 0 Å². The number of halogens is 1. The Kier molecular flexibility index (Phi) is 5.41. The quantitative estimate of drug-likeness (QED) is 0.886. The third-order valence-corrected chi connectivity index (χ3v) is 4.46. The normalized spacial score (nSPS) is 17.3. The average Bonchev–Trinajstić information content (AvgIpc) is 3.05. The fourth-order valence-corrected chi connectivity index (χ4v) is 2.96. The van der Waals surface area contributed by atoms with Crippen molar-refractivity contribution in [3.8, 4) is 11.5 Å². The Labute approximate surface area is 136 Å². The first-order valence-electron chi connectivity index (χ1n) is 8.24. The summed E-state index contributed by atoms with van der Waals surface area (Å²) < 4.78 is 23.8. The lowest BCUT2D eigenvalue weighted by atomic mass is 9.93. The number of aromatic nitrogens is 1. The molecule has 0 aliphatic carbocycles. The molecule has 0 radical (unpaired) electrons. The van der Waals surface area contributed by atoms with E-state index in [0.29, 0.717) is 17.9 Å². The summed E-state index contributed by atoms with van der Waals surface area (Å²) in [5.41, 5.74) is 1.71. The molecule has 1 aliphatic heterocycles. The third kappa shape index (κ3) is 4.39. The molecule has 3 rings (SSSR count). The Morgan fingerprint density at radius 1 is 1.26 bits per heavy atom. The van der Waals surface area contributed by atoms with Crippen LogP contribution in [0, 0.1) is 11.7 Å². The van der Waals surface area contributed by atoms with Gasteiger partial charge in [0.05, 0.1) is 5.69 Å². The maximum atomic E-state index is 12.9. The largest absolute Gasteiger partial charge is 0.444 e. The molecular formula is C18H23FN2O2. The van der Waals surface area contributed by atoms with Crippen molar-refractivity contribution >= 4 is 0 Å². The van der Waals surface area contributed by atoms with E-state index in [2.05, 4.69) is 17.2 Å². The molecule has 1 atom stereocenters. The van der Waals surface area contributed by atoms with Gasteiger partial charge in [-0.25, -0.2) is 9.37 Å². The Morgan fingerprint density at radius 3 is 2.74 bits per heavy atom. The predicted octanol–water partition coefficient (Wildman–Crippen LogP) is 3.43. The van der Waals surface area contributed by atoms with E-state index in [-0.39, 0.29) is 5.82 Å². The minimum absolute atomic E-state index is 0.258. The zero-order valence-corrected chi connectivity index (χ0v) is 13.4. The Hall–Kier alpha value is -1.72. The molecule has 0 spiro atoms. The summed E-state index contributed by atoms with van der Waals surface area (Å²) in [6.45, 7) is 4.86. The molecule has 1 unspecified atom stereocenters. The second-order valence-corrected chi connectivity index (χ2v) is 6.09. The van der Waals surface area contributed by atoms with Gasteiger partial charge in [0.2, 0.25) is 5.89 Å². The fraction of sp³-hybridized carbons (Fsp3) is 0.500.